The lowest BCUT2D eigenvalue weighted by Gasteiger charge is -2.03. The van der Waals surface area contributed by atoms with Crippen LogP contribution in [0.5, 0.6) is 0 Å². The molecule has 2 aromatic carbocycles. The topological polar surface area (TPSA) is 46.3 Å². The van der Waals surface area contributed by atoms with Crippen LogP contribution in [0, 0.1) is 0 Å². The second kappa shape index (κ2) is 6.29. The van der Waals surface area contributed by atoms with Crippen molar-refractivity contribution in [2.24, 2.45) is 0 Å². The second-order valence-electron chi connectivity index (χ2n) is 5.54. The summed E-state index contributed by atoms with van der Waals surface area (Å²) in [4.78, 5) is 14.2. The van der Waals surface area contributed by atoms with Gasteiger partial charge in [-0.15, -0.1) is 0 Å². The maximum atomic E-state index is 12.2. The second-order valence-corrected chi connectivity index (χ2v) is 7.65. The lowest BCUT2D eigenvalue weighted by atomic mass is 10.1. The highest BCUT2D eigenvalue weighted by molar-refractivity contribution is 8.26. The molecule has 3 aromatic rings. The Balaban J connectivity index is 1.78. The quantitative estimate of drug-likeness (QED) is 0.459. The number of halogens is 1. The first-order valence-electron chi connectivity index (χ1n) is 7.40. The van der Waals surface area contributed by atoms with Gasteiger partial charge >= 0.3 is 0 Å². The molecule has 0 spiro atoms. The number of aromatic nitrogens is 1. The number of hydrogen-bond acceptors (Lipinski definition) is 5. The van der Waals surface area contributed by atoms with Crippen molar-refractivity contribution in [3.63, 3.8) is 0 Å². The Morgan fingerprint density at radius 3 is 2.68 bits per heavy atom. The van der Waals surface area contributed by atoms with Gasteiger partial charge in [0.05, 0.1) is 10.3 Å². The summed E-state index contributed by atoms with van der Waals surface area (Å²) < 4.78 is 6.07. The number of thiocarbonyl (C=S) groups is 1. The van der Waals surface area contributed by atoms with E-state index in [1.807, 2.05) is 48.5 Å². The molecule has 0 bridgehead atoms. The Morgan fingerprint density at radius 2 is 2.00 bits per heavy atom. The van der Waals surface area contributed by atoms with E-state index in [0.29, 0.717) is 20.0 Å². The van der Waals surface area contributed by atoms with Crippen LogP contribution >= 0.6 is 35.6 Å². The van der Waals surface area contributed by atoms with Crippen molar-refractivity contribution in [2.75, 3.05) is 7.05 Å². The molecule has 0 radical (unpaired) electrons. The number of fused-ring (bicyclic) bond motifs is 1. The first kappa shape index (κ1) is 16.3. The number of benzene rings is 2. The van der Waals surface area contributed by atoms with Crippen molar-refractivity contribution in [3.05, 3.63) is 58.0 Å². The Kier molecular flexibility index (Phi) is 4.11. The molecule has 1 fully saturated rings. The normalized spacial score (nSPS) is 16.4. The van der Waals surface area contributed by atoms with Crippen LogP contribution in [0.4, 0.5) is 0 Å². The monoisotopic (exact) mass is 386 g/mol. The van der Waals surface area contributed by atoms with Gasteiger partial charge in [-0.05, 0) is 48.0 Å². The molecule has 4 rings (SSSR count). The summed E-state index contributed by atoms with van der Waals surface area (Å²) in [5.41, 5.74) is 2.54. The minimum atomic E-state index is -0.0849. The minimum Gasteiger partial charge on any atom is -0.355 e. The van der Waals surface area contributed by atoms with Crippen LogP contribution in [0.15, 0.2) is 51.9 Å². The van der Waals surface area contributed by atoms with Crippen molar-refractivity contribution >= 4 is 62.8 Å². The van der Waals surface area contributed by atoms with Gasteiger partial charge in [0.15, 0.2) is 5.76 Å². The number of nitrogens with zero attached hydrogens (tertiary/aromatic N) is 2. The largest absolute Gasteiger partial charge is 0.355 e. The zero-order valence-corrected chi connectivity index (χ0v) is 15.4. The van der Waals surface area contributed by atoms with Crippen LogP contribution in [-0.2, 0) is 4.79 Å². The van der Waals surface area contributed by atoms with Crippen LogP contribution in [0.1, 0.15) is 5.56 Å². The van der Waals surface area contributed by atoms with Crippen LogP contribution in [0.2, 0.25) is 5.02 Å². The maximum absolute atomic E-state index is 12.2. The van der Waals surface area contributed by atoms with Gasteiger partial charge in [0, 0.05) is 17.6 Å². The summed E-state index contributed by atoms with van der Waals surface area (Å²) in [6.07, 6.45) is 1.83. The fraction of sp³-hybridized carbons (Fsp3) is 0.0556. The van der Waals surface area contributed by atoms with E-state index in [9.17, 15) is 4.79 Å². The minimum absolute atomic E-state index is 0.0849. The lowest BCUT2D eigenvalue weighted by molar-refractivity contribution is -0.121. The first-order valence-corrected chi connectivity index (χ1v) is 9.00. The van der Waals surface area contributed by atoms with Gasteiger partial charge in [0.1, 0.15) is 9.84 Å². The molecule has 1 aliphatic heterocycles. The highest BCUT2D eigenvalue weighted by Gasteiger charge is 2.28. The third kappa shape index (κ3) is 2.97. The fourth-order valence-corrected chi connectivity index (χ4v) is 3.86. The number of carbonyl (C=O) groups excluding carboxylic acids is 1. The molecular weight excluding hydrogens is 376 g/mol. The molecule has 4 nitrogen and oxygen atoms in total. The van der Waals surface area contributed by atoms with E-state index >= 15 is 0 Å². The summed E-state index contributed by atoms with van der Waals surface area (Å²) >= 11 is 12.4. The molecule has 0 atom stereocenters. The first-order chi connectivity index (χ1) is 12.0. The Hall–Kier alpha value is -2.15. The standard InChI is InChI=1S/C18H11ClN2O2S2/c1-21-17(22)15(25-18(21)24)9-10-2-7-14-13(8-10)16(23-20-14)11-3-5-12(19)6-4-11/h2-9H,1H3. The van der Waals surface area contributed by atoms with Gasteiger partial charge in [-0.3, -0.25) is 9.69 Å². The van der Waals surface area contributed by atoms with E-state index in [1.165, 1.54) is 16.7 Å². The fourth-order valence-electron chi connectivity index (χ4n) is 2.56. The predicted molar refractivity (Wildman–Crippen MR) is 105 cm³/mol. The van der Waals surface area contributed by atoms with Crippen LogP contribution in [0.3, 0.4) is 0 Å². The summed E-state index contributed by atoms with van der Waals surface area (Å²) in [5.74, 6) is 0.586. The molecule has 124 valence electrons. The average Bonchev–Trinajstić information content (AvgIpc) is 3.13. The SMILES string of the molecule is CN1C(=O)C(=Cc2ccc3noc(-c4ccc(Cl)cc4)c3c2)SC1=S. The molecule has 25 heavy (non-hydrogen) atoms. The molecule has 0 unspecified atom stereocenters. The van der Waals surface area contributed by atoms with E-state index < -0.39 is 0 Å². The Bertz CT molecular complexity index is 1040. The van der Waals surface area contributed by atoms with Gasteiger partial charge in [0.25, 0.3) is 5.91 Å². The number of rotatable bonds is 2. The molecule has 1 aromatic heterocycles. The zero-order valence-electron chi connectivity index (χ0n) is 13.0. The van der Waals surface area contributed by atoms with Gasteiger partial charge in [0.2, 0.25) is 0 Å². The highest BCUT2D eigenvalue weighted by Crippen LogP contribution is 2.34. The molecule has 0 aliphatic carbocycles. The van der Waals surface area contributed by atoms with E-state index in [1.54, 1.807) is 7.05 Å². The number of likely N-dealkylation sites (N-methyl/N-ethyl adjacent to an activating group) is 1. The highest BCUT2D eigenvalue weighted by atomic mass is 35.5. The van der Waals surface area contributed by atoms with Gasteiger partial charge in [-0.1, -0.05) is 46.8 Å². The summed E-state index contributed by atoms with van der Waals surface area (Å²) in [6, 6.07) is 13.1. The van der Waals surface area contributed by atoms with E-state index in [0.717, 1.165) is 22.0 Å². The third-order valence-corrected chi connectivity index (χ3v) is 5.63. The van der Waals surface area contributed by atoms with Crippen molar-refractivity contribution < 1.29 is 9.32 Å². The molecule has 1 amide bonds. The van der Waals surface area contributed by atoms with Crippen molar-refractivity contribution in [3.8, 4) is 11.3 Å². The summed E-state index contributed by atoms with van der Waals surface area (Å²) in [7, 11) is 1.68. The predicted octanol–water partition coefficient (Wildman–Crippen LogP) is 4.98. The van der Waals surface area contributed by atoms with E-state index in [2.05, 4.69) is 5.16 Å². The Labute approximate surface area is 158 Å². The molecule has 0 N–H and O–H groups in total. The molecule has 1 aliphatic rings. The maximum Gasteiger partial charge on any atom is 0.265 e. The summed E-state index contributed by atoms with van der Waals surface area (Å²) in [5, 5.41) is 5.64. The molecule has 2 heterocycles. The number of thioether (sulfide) groups is 1. The van der Waals surface area contributed by atoms with Gasteiger partial charge in [-0.2, -0.15) is 0 Å². The van der Waals surface area contributed by atoms with Crippen LogP contribution < -0.4 is 0 Å². The van der Waals surface area contributed by atoms with E-state index in [4.69, 9.17) is 28.3 Å². The van der Waals surface area contributed by atoms with Crippen LogP contribution in [0.25, 0.3) is 28.3 Å². The van der Waals surface area contributed by atoms with Crippen molar-refractivity contribution in [2.45, 2.75) is 0 Å². The molecule has 1 saturated heterocycles. The van der Waals surface area contributed by atoms with Gasteiger partial charge in [-0.25, -0.2) is 0 Å². The smallest absolute Gasteiger partial charge is 0.265 e. The van der Waals surface area contributed by atoms with Crippen molar-refractivity contribution in [1.82, 2.24) is 10.1 Å². The van der Waals surface area contributed by atoms with Gasteiger partial charge < -0.3 is 4.52 Å². The Morgan fingerprint density at radius 1 is 1.24 bits per heavy atom. The lowest BCUT2D eigenvalue weighted by Crippen LogP contribution is -2.22. The third-order valence-electron chi connectivity index (χ3n) is 3.89. The molecule has 7 heteroatoms. The zero-order chi connectivity index (χ0) is 17.6. The summed E-state index contributed by atoms with van der Waals surface area (Å²) in [6.45, 7) is 0. The van der Waals surface area contributed by atoms with Crippen LogP contribution in [-0.4, -0.2) is 27.3 Å². The van der Waals surface area contributed by atoms with E-state index in [-0.39, 0.29) is 5.91 Å². The molecular formula is C18H11ClN2O2S2. The number of amides is 1. The number of carbonyl (C=O) groups is 1. The van der Waals surface area contributed by atoms with Crippen molar-refractivity contribution in [1.29, 1.82) is 0 Å². The molecule has 0 saturated carbocycles. The number of hydrogen-bond donors (Lipinski definition) is 0. The average molecular weight is 387 g/mol.